The zero-order valence-corrected chi connectivity index (χ0v) is 13.4. The van der Waals surface area contributed by atoms with Gasteiger partial charge in [0.05, 0.1) is 6.61 Å². The average Bonchev–Trinajstić information content (AvgIpc) is 2.48. The van der Waals surface area contributed by atoms with Crippen LogP contribution in [0.15, 0.2) is 5.10 Å². The Balaban J connectivity index is 3.15. The van der Waals surface area contributed by atoms with E-state index in [0.29, 0.717) is 0 Å². The van der Waals surface area contributed by atoms with Gasteiger partial charge in [0.1, 0.15) is 22.7 Å². The van der Waals surface area contributed by atoms with Gasteiger partial charge in [-0.15, -0.1) is 0 Å². The van der Waals surface area contributed by atoms with E-state index in [1.807, 2.05) is 27.7 Å². The van der Waals surface area contributed by atoms with Gasteiger partial charge in [0, 0.05) is 7.05 Å². The molecule has 0 aromatic heterocycles. The number of rotatable bonds is 2. The second-order valence-corrected chi connectivity index (χ2v) is 6.55. The third kappa shape index (κ3) is 3.15. The Labute approximate surface area is 120 Å². The van der Waals surface area contributed by atoms with E-state index in [9.17, 15) is 4.79 Å². The maximum atomic E-state index is 12.5. The van der Waals surface area contributed by atoms with Crippen LogP contribution >= 0.6 is 0 Å². The summed E-state index contributed by atoms with van der Waals surface area (Å²) in [6.45, 7) is 11.1. The Morgan fingerprint density at radius 2 is 1.95 bits per heavy atom. The van der Waals surface area contributed by atoms with Crippen LogP contribution < -0.4 is 11.2 Å². The highest BCUT2D eigenvalue weighted by Gasteiger charge is 2.55. The third-order valence-corrected chi connectivity index (χ3v) is 3.10. The molecule has 3 N–H and O–H groups in total. The first kappa shape index (κ1) is 16.6. The molecule has 1 saturated heterocycles. The Morgan fingerprint density at radius 3 is 2.40 bits per heavy atom. The number of nitrogens with zero attached hydrogens (tertiary/aromatic N) is 2. The second-order valence-electron chi connectivity index (χ2n) is 6.55. The molecule has 0 aliphatic carbocycles. The molecule has 1 aliphatic rings. The van der Waals surface area contributed by atoms with Crippen molar-refractivity contribution < 1.29 is 14.3 Å². The highest BCUT2D eigenvalue weighted by Crippen LogP contribution is 2.36. The molecular weight excluding hydrogens is 260 g/mol. The van der Waals surface area contributed by atoms with Crippen LogP contribution in [0.3, 0.4) is 0 Å². The molecule has 7 heteroatoms. The van der Waals surface area contributed by atoms with Gasteiger partial charge < -0.3 is 20.6 Å². The van der Waals surface area contributed by atoms with Crippen molar-refractivity contribution in [2.24, 2.45) is 10.8 Å². The molecule has 116 valence electrons. The summed E-state index contributed by atoms with van der Waals surface area (Å²) < 4.78 is 11.2. The molecular formula is C13H26N4O3. The summed E-state index contributed by atoms with van der Waals surface area (Å²) in [5.74, 6) is 0.274. The molecule has 1 atom stereocenters. The smallest absolute Gasteiger partial charge is 0.413 e. The Bertz CT molecular complexity index is 414. The number of nitrogens with two attached hydrogens (primary N) is 1. The number of hydrogen-bond acceptors (Lipinski definition) is 5. The zero-order valence-electron chi connectivity index (χ0n) is 13.4. The molecule has 0 spiro atoms. The van der Waals surface area contributed by atoms with Crippen LogP contribution in [-0.2, 0) is 9.47 Å². The van der Waals surface area contributed by atoms with Crippen LogP contribution in [0, 0.1) is 0 Å². The van der Waals surface area contributed by atoms with Gasteiger partial charge in [0.2, 0.25) is 0 Å². The molecule has 0 aromatic rings. The molecule has 0 aromatic carbocycles. The number of hydrogen-bond donors (Lipinski definition) is 2. The van der Waals surface area contributed by atoms with Gasteiger partial charge in [-0.1, -0.05) is 0 Å². The number of carbonyl (C=O) groups excluding carboxylic acids is 1. The lowest BCUT2D eigenvalue weighted by atomic mass is 10.00. The van der Waals surface area contributed by atoms with Crippen LogP contribution in [0.4, 0.5) is 4.79 Å². The van der Waals surface area contributed by atoms with Gasteiger partial charge in [-0.25, -0.2) is 4.79 Å². The quantitative estimate of drug-likeness (QED) is 0.453. The lowest BCUT2D eigenvalue weighted by molar-refractivity contribution is -0.0643. The predicted molar refractivity (Wildman–Crippen MR) is 77.2 cm³/mol. The summed E-state index contributed by atoms with van der Waals surface area (Å²) in [7, 11) is 1.65. The Hall–Kier alpha value is -1.50. The monoisotopic (exact) mass is 286 g/mol. The van der Waals surface area contributed by atoms with Gasteiger partial charge >= 0.3 is 6.09 Å². The standard InChI is InChI=1S/C13H26N4O3/c1-11(2,3)20-10(18)17-12(4,5)19-8-13(17,6)9(14)16-15-7/h15H,8H2,1-7H3,(H2,14,16). The summed E-state index contributed by atoms with van der Waals surface area (Å²) in [4.78, 5) is 14.0. The van der Waals surface area contributed by atoms with Crippen LogP contribution in [0.1, 0.15) is 41.5 Å². The number of carbonyl (C=O) groups is 1. The van der Waals surface area contributed by atoms with Crippen molar-refractivity contribution in [3.63, 3.8) is 0 Å². The van der Waals surface area contributed by atoms with Crippen molar-refractivity contribution in [2.75, 3.05) is 13.7 Å². The van der Waals surface area contributed by atoms with Gasteiger partial charge in [-0.3, -0.25) is 4.90 Å². The van der Waals surface area contributed by atoms with E-state index in [0.717, 1.165) is 0 Å². The van der Waals surface area contributed by atoms with Crippen molar-refractivity contribution in [3.05, 3.63) is 0 Å². The van der Waals surface area contributed by atoms with E-state index in [-0.39, 0.29) is 12.4 Å². The van der Waals surface area contributed by atoms with Crippen molar-refractivity contribution >= 4 is 11.9 Å². The van der Waals surface area contributed by atoms with E-state index in [1.165, 1.54) is 4.90 Å². The third-order valence-electron chi connectivity index (χ3n) is 3.10. The first-order valence-electron chi connectivity index (χ1n) is 6.62. The summed E-state index contributed by atoms with van der Waals surface area (Å²) in [6.07, 6.45) is -0.475. The van der Waals surface area contributed by atoms with E-state index >= 15 is 0 Å². The van der Waals surface area contributed by atoms with E-state index in [1.54, 1.807) is 20.9 Å². The number of ether oxygens (including phenoxy) is 2. The van der Waals surface area contributed by atoms with E-state index < -0.39 is 23.0 Å². The summed E-state index contributed by atoms with van der Waals surface area (Å²) >= 11 is 0. The van der Waals surface area contributed by atoms with Crippen molar-refractivity contribution in [3.8, 4) is 0 Å². The molecule has 20 heavy (non-hydrogen) atoms. The van der Waals surface area contributed by atoms with Gasteiger partial charge in [-0.2, -0.15) is 5.10 Å². The second kappa shape index (κ2) is 5.12. The molecule has 1 amide bonds. The molecule has 0 radical (unpaired) electrons. The van der Waals surface area contributed by atoms with Crippen LogP contribution in [-0.4, -0.2) is 47.3 Å². The van der Waals surface area contributed by atoms with Gasteiger partial charge in [-0.05, 0) is 41.5 Å². The fourth-order valence-corrected chi connectivity index (χ4v) is 2.20. The molecule has 1 heterocycles. The van der Waals surface area contributed by atoms with Crippen LogP contribution in [0.5, 0.6) is 0 Å². The van der Waals surface area contributed by atoms with Crippen LogP contribution in [0.25, 0.3) is 0 Å². The van der Waals surface area contributed by atoms with Gasteiger partial charge in [0.25, 0.3) is 0 Å². The summed E-state index contributed by atoms with van der Waals surface area (Å²) in [6, 6.07) is 0. The molecule has 1 rings (SSSR count). The highest BCUT2D eigenvalue weighted by molar-refractivity contribution is 5.93. The number of amides is 1. The molecule has 7 nitrogen and oxygen atoms in total. The highest BCUT2D eigenvalue weighted by atomic mass is 16.6. The maximum Gasteiger partial charge on any atom is 0.413 e. The lowest BCUT2D eigenvalue weighted by Crippen LogP contribution is -2.61. The summed E-state index contributed by atoms with van der Waals surface area (Å²) in [5.41, 5.74) is 6.37. The maximum absolute atomic E-state index is 12.5. The van der Waals surface area contributed by atoms with Crippen molar-refractivity contribution in [2.45, 2.75) is 58.4 Å². The van der Waals surface area contributed by atoms with Gasteiger partial charge in [0.15, 0.2) is 0 Å². The number of hydrazone groups is 1. The molecule has 0 saturated carbocycles. The average molecular weight is 286 g/mol. The zero-order chi connectivity index (χ0) is 15.8. The van der Waals surface area contributed by atoms with E-state index in [4.69, 9.17) is 15.2 Å². The largest absolute Gasteiger partial charge is 0.444 e. The number of nitrogens with one attached hydrogen (secondary N) is 1. The molecule has 1 aliphatic heterocycles. The first-order chi connectivity index (χ1) is 8.94. The lowest BCUT2D eigenvalue weighted by Gasteiger charge is -2.39. The van der Waals surface area contributed by atoms with E-state index in [2.05, 4.69) is 10.5 Å². The topological polar surface area (TPSA) is 89.2 Å². The molecule has 1 unspecified atom stereocenters. The van der Waals surface area contributed by atoms with Crippen LogP contribution in [0.2, 0.25) is 0 Å². The Morgan fingerprint density at radius 1 is 1.40 bits per heavy atom. The van der Waals surface area contributed by atoms with Crippen molar-refractivity contribution in [1.82, 2.24) is 10.3 Å². The minimum Gasteiger partial charge on any atom is -0.444 e. The molecule has 0 bridgehead atoms. The van der Waals surface area contributed by atoms with Crippen molar-refractivity contribution in [1.29, 1.82) is 0 Å². The SMILES string of the molecule is CN/N=C(\N)C1(C)COC(C)(C)N1C(=O)OC(C)(C)C. The molecule has 1 fully saturated rings. The predicted octanol–water partition coefficient (Wildman–Crippen LogP) is 1.24. The normalized spacial score (nSPS) is 26.6. The first-order valence-corrected chi connectivity index (χ1v) is 6.62. The number of amidine groups is 1. The fourth-order valence-electron chi connectivity index (χ4n) is 2.20. The Kier molecular flexibility index (Phi) is 4.24. The fraction of sp³-hybridized carbons (Fsp3) is 0.846. The minimum atomic E-state index is -0.852. The minimum absolute atomic E-state index is 0.260. The summed E-state index contributed by atoms with van der Waals surface area (Å²) in [5, 5.41) is 3.99.